The largest absolute Gasteiger partial charge is 0.383 e. The number of hydrogen-bond acceptors (Lipinski definition) is 2. The molecular weight excluding hydrogens is 309 g/mol. The normalized spacial score (nSPS) is 10.9. The van der Waals surface area contributed by atoms with Crippen LogP contribution in [0.15, 0.2) is 22.7 Å². The van der Waals surface area contributed by atoms with Gasteiger partial charge in [0.2, 0.25) is 0 Å². The topological polar surface area (TPSA) is 43.8 Å². The lowest BCUT2D eigenvalue weighted by Crippen LogP contribution is -2.05. The Bertz CT molecular complexity index is 593. The first-order valence-corrected chi connectivity index (χ1v) is 7.18. The van der Waals surface area contributed by atoms with Gasteiger partial charge in [0.25, 0.3) is 0 Å². The molecule has 5 heteroatoms. The lowest BCUT2D eigenvalue weighted by Gasteiger charge is -2.06. The van der Waals surface area contributed by atoms with Gasteiger partial charge < -0.3 is 10.3 Å². The third kappa shape index (κ3) is 2.66. The van der Waals surface area contributed by atoms with E-state index in [9.17, 15) is 4.39 Å². The van der Waals surface area contributed by atoms with Crippen LogP contribution in [0.25, 0.3) is 11.3 Å². The van der Waals surface area contributed by atoms with Crippen molar-refractivity contribution in [2.24, 2.45) is 0 Å². The summed E-state index contributed by atoms with van der Waals surface area (Å²) in [6.07, 6.45) is 1.82. The summed E-state index contributed by atoms with van der Waals surface area (Å²) in [7, 11) is 0. The van der Waals surface area contributed by atoms with Crippen LogP contribution >= 0.6 is 15.9 Å². The second kappa shape index (κ2) is 5.74. The number of imidazole rings is 1. The van der Waals surface area contributed by atoms with Crippen molar-refractivity contribution in [2.45, 2.75) is 33.2 Å². The molecule has 0 aliphatic heterocycles. The minimum atomic E-state index is -0.307. The van der Waals surface area contributed by atoms with E-state index in [-0.39, 0.29) is 5.82 Å². The van der Waals surface area contributed by atoms with E-state index >= 15 is 0 Å². The zero-order valence-corrected chi connectivity index (χ0v) is 12.7. The van der Waals surface area contributed by atoms with Crippen LogP contribution in [0.2, 0.25) is 0 Å². The molecule has 0 aliphatic rings. The van der Waals surface area contributed by atoms with Crippen molar-refractivity contribution in [3.05, 3.63) is 34.3 Å². The SMILES string of the molecule is CCCc1nc(-c2cc(Br)ccc2F)c(N)n1CC. The van der Waals surface area contributed by atoms with Gasteiger partial charge in [-0.1, -0.05) is 22.9 Å². The molecule has 0 spiro atoms. The summed E-state index contributed by atoms with van der Waals surface area (Å²) in [5, 5.41) is 0. The molecule has 0 atom stereocenters. The van der Waals surface area contributed by atoms with Crippen LogP contribution in [0.1, 0.15) is 26.1 Å². The molecule has 1 aromatic heterocycles. The summed E-state index contributed by atoms with van der Waals surface area (Å²) in [5.74, 6) is 1.14. The fourth-order valence-corrected chi connectivity index (χ4v) is 2.52. The highest BCUT2D eigenvalue weighted by Gasteiger charge is 2.17. The second-order valence-electron chi connectivity index (χ2n) is 4.38. The molecule has 0 saturated heterocycles. The Labute approximate surface area is 120 Å². The molecule has 0 amide bonds. The molecule has 1 aromatic carbocycles. The van der Waals surface area contributed by atoms with Crippen molar-refractivity contribution < 1.29 is 4.39 Å². The fraction of sp³-hybridized carbons (Fsp3) is 0.357. The first kappa shape index (κ1) is 14.1. The molecule has 19 heavy (non-hydrogen) atoms. The van der Waals surface area contributed by atoms with Crippen LogP contribution in [0, 0.1) is 5.82 Å². The van der Waals surface area contributed by atoms with E-state index < -0.39 is 0 Å². The van der Waals surface area contributed by atoms with Gasteiger partial charge >= 0.3 is 0 Å². The fourth-order valence-electron chi connectivity index (χ4n) is 2.16. The third-order valence-corrected chi connectivity index (χ3v) is 3.55. The van der Waals surface area contributed by atoms with E-state index in [4.69, 9.17) is 5.73 Å². The monoisotopic (exact) mass is 325 g/mol. The number of nitrogens with zero attached hydrogens (tertiary/aromatic N) is 2. The van der Waals surface area contributed by atoms with Crippen LogP contribution in [0.5, 0.6) is 0 Å². The standard InChI is InChI=1S/C14H17BrFN3/c1-3-5-12-18-13(14(17)19(12)4-2)10-8-9(15)6-7-11(10)16/h6-8H,3-5,17H2,1-2H3. The Morgan fingerprint density at radius 1 is 1.37 bits per heavy atom. The molecule has 0 saturated carbocycles. The number of halogens is 2. The molecule has 2 aromatic rings. The van der Waals surface area contributed by atoms with Gasteiger partial charge in [-0.05, 0) is 31.5 Å². The highest BCUT2D eigenvalue weighted by Crippen LogP contribution is 2.31. The van der Waals surface area contributed by atoms with Gasteiger partial charge in [-0.2, -0.15) is 0 Å². The van der Waals surface area contributed by atoms with Crippen molar-refractivity contribution in [3.63, 3.8) is 0 Å². The van der Waals surface area contributed by atoms with Crippen molar-refractivity contribution in [1.29, 1.82) is 0 Å². The van der Waals surface area contributed by atoms with Crippen LogP contribution in [0.3, 0.4) is 0 Å². The van der Waals surface area contributed by atoms with Crippen LogP contribution < -0.4 is 5.73 Å². The minimum absolute atomic E-state index is 0.307. The summed E-state index contributed by atoms with van der Waals surface area (Å²) < 4.78 is 16.7. The van der Waals surface area contributed by atoms with Gasteiger partial charge in [0, 0.05) is 23.0 Å². The summed E-state index contributed by atoms with van der Waals surface area (Å²) >= 11 is 3.35. The number of nitrogens with two attached hydrogens (primary N) is 1. The summed E-state index contributed by atoms with van der Waals surface area (Å²) in [4.78, 5) is 4.52. The van der Waals surface area contributed by atoms with Gasteiger partial charge in [-0.15, -0.1) is 0 Å². The zero-order chi connectivity index (χ0) is 14.0. The average Bonchev–Trinajstić information content (AvgIpc) is 2.69. The Hall–Kier alpha value is -1.36. The lowest BCUT2D eigenvalue weighted by molar-refractivity contribution is 0.630. The van der Waals surface area contributed by atoms with Gasteiger partial charge in [-0.3, -0.25) is 0 Å². The highest BCUT2D eigenvalue weighted by atomic mass is 79.9. The first-order valence-electron chi connectivity index (χ1n) is 6.38. The van der Waals surface area contributed by atoms with E-state index in [1.165, 1.54) is 6.07 Å². The summed E-state index contributed by atoms with van der Waals surface area (Å²) in [6, 6.07) is 4.80. The number of aryl methyl sites for hydroxylation is 1. The van der Waals surface area contributed by atoms with E-state index in [2.05, 4.69) is 27.8 Å². The molecule has 2 rings (SSSR count). The second-order valence-corrected chi connectivity index (χ2v) is 5.30. The zero-order valence-electron chi connectivity index (χ0n) is 11.1. The van der Waals surface area contributed by atoms with E-state index in [1.807, 2.05) is 11.5 Å². The van der Waals surface area contributed by atoms with E-state index in [1.54, 1.807) is 12.1 Å². The minimum Gasteiger partial charge on any atom is -0.383 e. The van der Waals surface area contributed by atoms with Crippen molar-refractivity contribution >= 4 is 21.7 Å². The van der Waals surface area contributed by atoms with E-state index in [0.717, 1.165) is 29.7 Å². The number of rotatable bonds is 4. The Balaban J connectivity index is 2.59. The number of anilines is 1. The quantitative estimate of drug-likeness (QED) is 0.923. The Morgan fingerprint density at radius 2 is 2.11 bits per heavy atom. The van der Waals surface area contributed by atoms with Gasteiger partial charge in [0.05, 0.1) is 0 Å². The Kier molecular flexibility index (Phi) is 4.24. The predicted molar refractivity (Wildman–Crippen MR) is 79.4 cm³/mol. The highest BCUT2D eigenvalue weighted by molar-refractivity contribution is 9.10. The van der Waals surface area contributed by atoms with Crippen molar-refractivity contribution in [2.75, 3.05) is 5.73 Å². The molecule has 102 valence electrons. The maximum atomic E-state index is 13.9. The Morgan fingerprint density at radius 3 is 2.74 bits per heavy atom. The van der Waals surface area contributed by atoms with Gasteiger partial charge in [0.1, 0.15) is 23.2 Å². The molecule has 2 N–H and O–H groups in total. The van der Waals surface area contributed by atoms with Crippen molar-refractivity contribution in [1.82, 2.24) is 9.55 Å². The van der Waals surface area contributed by atoms with Crippen LogP contribution in [-0.2, 0) is 13.0 Å². The molecule has 3 nitrogen and oxygen atoms in total. The van der Waals surface area contributed by atoms with Gasteiger partial charge in [-0.25, -0.2) is 9.37 Å². The van der Waals surface area contributed by atoms with Crippen LogP contribution in [0.4, 0.5) is 10.2 Å². The third-order valence-electron chi connectivity index (χ3n) is 3.06. The molecule has 0 radical (unpaired) electrons. The van der Waals surface area contributed by atoms with Gasteiger partial charge in [0.15, 0.2) is 0 Å². The maximum Gasteiger partial charge on any atom is 0.132 e. The predicted octanol–water partition coefficient (Wildman–Crippen LogP) is 4.01. The average molecular weight is 326 g/mol. The molecule has 1 heterocycles. The summed E-state index contributed by atoms with van der Waals surface area (Å²) in [6.45, 7) is 4.84. The smallest absolute Gasteiger partial charge is 0.132 e. The summed E-state index contributed by atoms with van der Waals surface area (Å²) in [5.41, 5.74) is 7.09. The molecule has 0 unspecified atom stereocenters. The van der Waals surface area contributed by atoms with E-state index in [0.29, 0.717) is 17.1 Å². The number of aromatic nitrogens is 2. The van der Waals surface area contributed by atoms with Crippen molar-refractivity contribution in [3.8, 4) is 11.3 Å². The first-order chi connectivity index (χ1) is 9.08. The van der Waals surface area contributed by atoms with Crippen LogP contribution in [-0.4, -0.2) is 9.55 Å². The number of hydrogen-bond donors (Lipinski definition) is 1. The molecule has 0 bridgehead atoms. The molecule has 0 fully saturated rings. The number of benzene rings is 1. The lowest BCUT2D eigenvalue weighted by atomic mass is 10.1. The number of nitrogen functional groups attached to an aromatic ring is 1. The molecule has 0 aliphatic carbocycles. The molecular formula is C14H17BrFN3. The maximum absolute atomic E-state index is 13.9.